The first-order valence-electron chi connectivity index (χ1n) is 6.99. The van der Waals surface area contributed by atoms with Gasteiger partial charge in [0.1, 0.15) is 0 Å². The zero-order valence-electron chi connectivity index (χ0n) is 12.4. The van der Waals surface area contributed by atoms with Gasteiger partial charge in [0, 0.05) is 35.0 Å². The van der Waals surface area contributed by atoms with Gasteiger partial charge in [-0.15, -0.1) is 0 Å². The Kier molecular flexibility index (Phi) is 4.69. The van der Waals surface area contributed by atoms with Crippen LogP contribution < -0.4 is 11.1 Å². The molecule has 0 fully saturated rings. The highest BCUT2D eigenvalue weighted by Gasteiger charge is 2.17. The van der Waals surface area contributed by atoms with Gasteiger partial charge < -0.3 is 11.1 Å². The van der Waals surface area contributed by atoms with Crippen LogP contribution in [0.3, 0.4) is 0 Å². The Labute approximate surface area is 120 Å². The molecule has 0 saturated carbocycles. The van der Waals surface area contributed by atoms with Gasteiger partial charge in [0.25, 0.3) is 0 Å². The summed E-state index contributed by atoms with van der Waals surface area (Å²) < 4.78 is 0. The lowest BCUT2D eigenvalue weighted by Gasteiger charge is -2.21. The molecule has 0 spiro atoms. The summed E-state index contributed by atoms with van der Waals surface area (Å²) in [7, 11) is 0. The van der Waals surface area contributed by atoms with Gasteiger partial charge in [-0.05, 0) is 50.6 Å². The molecule has 0 bridgehead atoms. The average Bonchev–Trinajstić information content (AvgIpc) is 2.40. The van der Waals surface area contributed by atoms with E-state index in [0.717, 1.165) is 35.6 Å². The zero-order valence-corrected chi connectivity index (χ0v) is 12.4. The number of aromatic nitrogens is 2. The number of nitrogens with two attached hydrogens (primary N) is 1. The molecule has 4 heteroatoms. The van der Waals surface area contributed by atoms with E-state index in [9.17, 15) is 0 Å². The zero-order chi connectivity index (χ0) is 14.5. The Morgan fingerprint density at radius 1 is 1.25 bits per heavy atom. The molecule has 0 amide bonds. The topological polar surface area (TPSA) is 63.8 Å². The van der Waals surface area contributed by atoms with Crippen molar-refractivity contribution >= 4 is 5.69 Å². The molecule has 0 aliphatic rings. The van der Waals surface area contributed by atoms with Crippen molar-refractivity contribution in [2.75, 3.05) is 12.3 Å². The number of nitrogen functional groups attached to an aromatic ring is 1. The normalized spacial score (nSPS) is 12.3. The van der Waals surface area contributed by atoms with Crippen LogP contribution in [0.25, 0.3) is 0 Å². The summed E-state index contributed by atoms with van der Waals surface area (Å²) in [6, 6.07) is 6.11. The predicted octanol–water partition coefficient (Wildman–Crippen LogP) is 2.76. The van der Waals surface area contributed by atoms with E-state index >= 15 is 0 Å². The highest BCUT2D eigenvalue weighted by molar-refractivity contribution is 5.49. The number of hydrogen-bond donors (Lipinski definition) is 2. The van der Waals surface area contributed by atoms with Crippen molar-refractivity contribution in [2.24, 2.45) is 0 Å². The molecule has 0 aliphatic heterocycles. The van der Waals surface area contributed by atoms with Gasteiger partial charge in [0.15, 0.2) is 0 Å². The molecule has 2 heterocycles. The second-order valence-corrected chi connectivity index (χ2v) is 5.07. The van der Waals surface area contributed by atoms with Gasteiger partial charge in [-0.1, -0.05) is 6.92 Å². The number of pyridine rings is 2. The van der Waals surface area contributed by atoms with Crippen LogP contribution in [-0.2, 0) is 0 Å². The minimum atomic E-state index is 0.0593. The Balaban J connectivity index is 2.44. The molecule has 0 saturated heterocycles. The summed E-state index contributed by atoms with van der Waals surface area (Å²) in [6.07, 6.45) is 4.63. The van der Waals surface area contributed by atoms with Crippen LogP contribution in [0.4, 0.5) is 5.69 Å². The molecule has 1 unspecified atom stereocenters. The standard InChI is InChI=1S/C16H22N4/c1-4-6-19-16(14-10-18-7-5-15(14)17)13-8-11(2)20-12(3)9-13/h5,7-10,16,19H,4,6H2,1-3H3,(H2,17,18). The molecule has 2 aromatic rings. The first-order valence-corrected chi connectivity index (χ1v) is 6.99. The molecule has 0 aliphatic carbocycles. The number of rotatable bonds is 5. The predicted molar refractivity (Wildman–Crippen MR) is 82.5 cm³/mol. The molecular formula is C16H22N4. The molecule has 0 radical (unpaired) electrons. The van der Waals surface area contributed by atoms with Gasteiger partial charge in [-0.3, -0.25) is 9.97 Å². The van der Waals surface area contributed by atoms with Crippen molar-refractivity contribution in [2.45, 2.75) is 33.2 Å². The molecule has 106 valence electrons. The molecule has 2 aromatic heterocycles. The highest BCUT2D eigenvalue weighted by atomic mass is 14.9. The van der Waals surface area contributed by atoms with Crippen molar-refractivity contribution in [1.82, 2.24) is 15.3 Å². The van der Waals surface area contributed by atoms with Gasteiger partial charge >= 0.3 is 0 Å². The molecular weight excluding hydrogens is 248 g/mol. The Hall–Kier alpha value is -1.94. The molecule has 20 heavy (non-hydrogen) atoms. The molecule has 4 nitrogen and oxygen atoms in total. The summed E-state index contributed by atoms with van der Waals surface area (Å²) in [5.74, 6) is 0. The van der Waals surface area contributed by atoms with E-state index in [2.05, 4.69) is 34.3 Å². The van der Waals surface area contributed by atoms with Crippen LogP contribution in [0, 0.1) is 13.8 Å². The van der Waals surface area contributed by atoms with Crippen LogP contribution in [0.5, 0.6) is 0 Å². The van der Waals surface area contributed by atoms with E-state index in [1.165, 1.54) is 5.56 Å². The van der Waals surface area contributed by atoms with Gasteiger partial charge in [-0.25, -0.2) is 0 Å². The number of nitrogens with zero attached hydrogens (tertiary/aromatic N) is 2. The van der Waals surface area contributed by atoms with Crippen molar-refractivity contribution in [3.63, 3.8) is 0 Å². The lowest BCUT2D eigenvalue weighted by atomic mass is 9.98. The van der Waals surface area contributed by atoms with Crippen molar-refractivity contribution < 1.29 is 0 Å². The van der Waals surface area contributed by atoms with Crippen LogP contribution in [0.15, 0.2) is 30.6 Å². The molecule has 0 aromatic carbocycles. The fraction of sp³-hybridized carbons (Fsp3) is 0.375. The first kappa shape index (κ1) is 14.5. The lowest BCUT2D eigenvalue weighted by Crippen LogP contribution is -2.24. The Bertz CT molecular complexity index is 560. The third kappa shape index (κ3) is 3.33. The van der Waals surface area contributed by atoms with Crippen molar-refractivity contribution in [3.8, 4) is 0 Å². The summed E-state index contributed by atoms with van der Waals surface area (Å²) in [4.78, 5) is 8.65. The number of anilines is 1. The monoisotopic (exact) mass is 270 g/mol. The second kappa shape index (κ2) is 6.48. The maximum Gasteiger partial charge on any atom is 0.0613 e. The van der Waals surface area contributed by atoms with Gasteiger partial charge in [0.05, 0.1) is 6.04 Å². The molecule has 3 N–H and O–H groups in total. The maximum absolute atomic E-state index is 6.11. The van der Waals surface area contributed by atoms with E-state index in [0.29, 0.717) is 0 Å². The van der Waals surface area contributed by atoms with E-state index in [4.69, 9.17) is 5.73 Å². The third-order valence-electron chi connectivity index (χ3n) is 3.23. The highest BCUT2D eigenvalue weighted by Crippen LogP contribution is 2.26. The van der Waals surface area contributed by atoms with E-state index in [1.54, 1.807) is 6.20 Å². The lowest BCUT2D eigenvalue weighted by molar-refractivity contribution is 0.597. The first-order chi connectivity index (χ1) is 9.61. The van der Waals surface area contributed by atoms with Gasteiger partial charge in [0.2, 0.25) is 0 Å². The minimum Gasteiger partial charge on any atom is -0.398 e. The van der Waals surface area contributed by atoms with Crippen LogP contribution in [0.1, 0.15) is 41.9 Å². The quantitative estimate of drug-likeness (QED) is 0.877. The SMILES string of the molecule is CCCNC(c1cc(C)nc(C)c1)c1cnccc1N. The molecule has 1 atom stereocenters. The Morgan fingerprint density at radius 3 is 2.55 bits per heavy atom. The van der Waals surface area contributed by atoms with E-state index < -0.39 is 0 Å². The fourth-order valence-electron chi connectivity index (χ4n) is 2.39. The van der Waals surface area contributed by atoms with Gasteiger partial charge in [-0.2, -0.15) is 0 Å². The smallest absolute Gasteiger partial charge is 0.0613 e. The Morgan fingerprint density at radius 2 is 1.95 bits per heavy atom. The molecule has 2 rings (SSSR count). The average molecular weight is 270 g/mol. The van der Waals surface area contributed by atoms with Crippen LogP contribution >= 0.6 is 0 Å². The van der Waals surface area contributed by atoms with E-state index in [1.807, 2.05) is 26.1 Å². The number of aryl methyl sites for hydroxylation is 2. The summed E-state index contributed by atoms with van der Waals surface area (Å²) in [5, 5.41) is 3.55. The number of hydrogen-bond acceptors (Lipinski definition) is 4. The van der Waals surface area contributed by atoms with Crippen molar-refractivity contribution in [1.29, 1.82) is 0 Å². The largest absolute Gasteiger partial charge is 0.398 e. The second-order valence-electron chi connectivity index (χ2n) is 5.07. The van der Waals surface area contributed by atoms with E-state index in [-0.39, 0.29) is 6.04 Å². The fourth-order valence-corrected chi connectivity index (χ4v) is 2.39. The van der Waals surface area contributed by atoms with Crippen molar-refractivity contribution in [3.05, 3.63) is 53.1 Å². The summed E-state index contributed by atoms with van der Waals surface area (Å²) >= 11 is 0. The van der Waals surface area contributed by atoms with Crippen LogP contribution in [-0.4, -0.2) is 16.5 Å². The minimum absolute atomic E-state index is 0.0593. The third-order valence-corrected chi connectivity index (χ3v) is 3.23. The van der Waals surface area contributed by atoms with Crippen LogP contribution in [0.2, 0.25) is 0 Å². The summed E-state index contributed by atoms with van der Waals surface area (Å²) in [6.45, 7) is 7.11. The summed E-state index contributed by atoms with van der Waals surface area (Å²) in [5.41, 5.74) is 11.1. The number of nitrogens with one attached hydrogen (secondary N) is 1. The maximum atomic E-state index is 6.11.